The third kappa shape index (κ3) is 2.82. The molecule has 1 N–H and O–H groups in total. The SMILES string of the molecule is CNC(c1ccc(Cl)c(F)c1)C(F)(F)F. The zero-order valence-corrected chi connectivity index (χ0v) is 8.46. The van der Waals surface area contributed by atoms with Crippen LogP contribution in [0.1, 0.15) is 11.6 Å². The summed E-state index contributed by atoms with van der Waals surface area (Å²) in [5, 5.41) is 1.87. The molecule has 6 heteroatoms. The van der Waals surface area contributed by atoms with Crippen LogP contribution in [0.15, 0.2) is 18.2 Å². The van der Waals surface area contributed by atoms with Crippen LogP contribution in [0.3, 0.4) is 0 Å². The molecule has 1 unspecified atom stereocenters. The van der Waals surface area contributed by atoms with Gasteiger partial charge in [-0.05, 0) is 24.7 Å². The van der Waals surface area contributed by atoms with E-state index >= 15 is 0 Å². The number of alkyl halides is 3. The van der Waals surface area contributed by atoms with Crippen molar-refractivity contribution in [3.05, 3.63) is 34.6 Å². The molecule has 1 nitrogen and oxygen atoms in total. The van der Waals surface area contributed by atoms with Gasteiger partial charge in [0.2, 0.25) is 0 Å². The van der Waals surface area contributed by atoms with Gasteiger partial charge in [0.25, 0.3) is 0 Å². The molecule has 1 aromatic carbocycles. The highest BCUT2D eigenvalue weighted by atomic mass is 35.5. The molecule has 0 amide bonds. The first-order chi connectivity index (χ1) is 6.86. The Morgan fingerprint density at radius 2 is 1.93 bits per heavy atom. The number of hydrogen-bond donors (Lipinski definition) is 1. The Bertz CT molecular complexity index is 350. The van der Waals surface area contributed by atoms with Crippen molar-refractivity contribution in [3.63, 3.8) is 0 Å². The van der Waals surface area contributed by atoms with Crippen LogP contribution in [-0.2, 0) is 0 Å². The highest BCUT2D eigenvalue weighted by molar-refractivity contribution is 6.30. The lowest BCUT2D eigenvalue weighted by molar-refractivity contribution is -0.156. The summed E-state index contributed by atoms with van der Waals surface area (Å²) < 4.78 is 50.2. The molecule has 1 aromatic rings. The fraction of sp³-hybridized carbons (Fsp3) is 0.333. The van der Waals surface area contributed by atoms with Crippen molar-refractivity contribution in [1.82, 2.24) is 5.32 Å². The average molecular weight is 242 g/mol. The summed E-state index contributed by atoms with van der Waals surface area (Å²) in [5.41, 5.74) is -0.202. The van der Waals surface area contributed by atoms with E-state index in [0.29, 0.717) is 0 Å². The van der Waals surface area contributed by atoms with Crippen molar-refractivity contribution in [2.45, 2.75) is 12.2 Å². The Balaban J connectivity index is 3.08. The first-order valence-electron chi connectivity index (χ1n) is 4.05. The molecule has 0 heterocycles. The second kappa shape index (κ2) is 4.37. The van der Waals surface area contributed by atoms with Gasteiger partial charge < -0.3 is 5.32 Å². The predicted molar refractivity (Wildman–Crippen MR) is 49.3 cm³/mol. The highest BCUT2D eigenvalue weighted by Crippen LogP contribution is 2.33. The number of hydrogen-bond acceptors (Lipinski definition) is 1. The minimum atomic E-state index is -4.46. The molecule has 0 fully saturated rings. The summed E-state index contributed by atoms with van der Waals surface area (Å²) in [4.78, 5) is 0. The lowest BCUT2D eigenvalue weighted by Crippen LogP contribution is -2.31. The molecular weight excluding hydrogens is 234 g/mol. The van der Waals surface area contributed by atoms with Crippen molar-refractivity contribution in [2.75, 3.05) is 7.05 Å². The normalized spacial score (nSPS) is 14.0. The van der Waals surface area contributed by atoms with E-state index in [9.17, 15) is 17.6 Å². The van der Waals surface area contributed by atoms with Gasteiger partial charge in [-0.15, -0.1) is 0 Å². The number of halogens is 5. The summed E-state index contributed by atoms with van der Waals surface area (Å²) in [5.74, 6) is -0.862. The van der Waals surface area contributed by atoms with Gasteiger partial charge in [0, 0.05) is 0 Å². The van der Waals surface area contributed by atoms with Crippen LogP contribution in [0.5, 0.6) is 0 Å². The zero-order valence-electron chi connectivity index (χ0n) is 7.70. The molecule has 84 valence electrons. The monoisotopic (exact) mass is 241 g/mol. The van der Waals surface area contributed by atoms with Crippen molar-refractivity contribution < 1.29 is 17.6 Å². The van der Waals surface area contributed by atoms with E-state index in [2.05, 4.69) is 5.32 Å². The first-order valence-corrected chi connectivity index (χ1v) is 4.43. The third-order valence-corrected chi connectivity index (χ3v) is 2.20. The van der Waals surface area contributed by atoms with E-state index in [1.165, 1.54) is 0 Å². The Labute approximate surface area is 89.0 Å². The fourth-order valence-electron chi connectivity index (χ4n) is 1.21. The van der Waals surface area contributed by atoms with Gasteiger partial charge in [0.15, 0.2) is 0 Å². The maximum Gasteiger partial charge on any atom is 0.407 e. The molecule has 0 spiro atoms. The molecule has 0 saturated heterocycles. The summed E-state index contributed by atoms with van der Waals surface area (Å²) in [7, 11) is 1.16. The molecule has 0 bridgehead atoms. The van der Waals surface area contributed by atoms with Crippen LogP contribution in [0.4, 0.5) is 17.6 Å². The molecule has 1 rings (SSSR count). The maximum absolute atomic E-state index is 12.9. The van der Waals surface area contributed by atoms with Crippen molar-refractivity contribution >= 4 is 11.6 Å². The van der Waals surface area contributed by atoms with E-state index in [0.717, 1.165) is 25.2 Å². The van der Waals surface area contributed by atoms with Crippen molar-refractivity contribution in [3.8, 4) is 0 Å². The Hall–Kier alpha value is -0.810. The molecule has 0 aromatic heterocycles. The van der Waals surface area contributed by atoms with Gasteiger partial charge in [-0.25, -0.2) is 4.39 Å². The quantitative estimate of drug-likeness (QED) is 0.784. The molecule has 0 radical (unpaired) electrons. The Kier molecular flexibility index (Phi) is 3.57. The van der Waals surface area contributed by atoms with Crippen LogP contribution in [0.2, 0.25) is 5.02 Å². The van der Waals surface area contributed by atoms with Crippen molar-refractivity contribution in [2.24, 2.45) is 0 Å². The number of benzene rings is 1. The number of rotatable bonds is 2. The molecule has 1 atom stereocenters. The van der Waals surface area contributed by atoms with Crippen LogP contribution < -0.4 is 5.32 Å². The van der Waals surface area contributed by atoms with E-state index in [-0.39, 0.29) is 10.6 Å². The summed E-state index contributed by atoms with van der Waals surface area (Å²) in [6.07, 6.45) is -4.46. The molecule has 0 saturated carbocycles. The lowest BCUT2D eigenvalue weighted by atomic mass is 10.1. The number of nitrogens with one attached hydrogen (secondary N) is 1. The molecule has 15 heavy (non-hydrogen) atoms. The standard InChI is InChI=1S/C9H8ClF4N/c1-15-8(9(12,13)14)5-2-3-6(10)7(11)4-5/h2-4,8,15H,1H3. The smallest absolute Gasteiger partial charge is 0.306 e. The van der Waals surface area contributed by atoms with E-state index < -0.39 is 18.0 Å². The van der Waals surface area contributed by atoms with Gasteiger partial charge in [0.05, 0.1) is 5.02 Å². The van der Waals surface area contributed by atoms with E-state index in [4.69, 9.17) is 11.6 Å². The van der Waals surface area contributed by atoms with E-state index in [1.807, 2.05) is 0 Å². The van der Waals surface area contributed by atoms with Crippen LogP contribution in [0, 0.1) is 5.82 Å². The summed E-state index contributed by atoms with van der Waals surface area (Å²) in [6.45, 7) is 0. The van der Waals surface area contributed by atoms with Crippen molar-refractivity contribution in [1.29, 1.82) is 0 Å². The van der Waals surface area contributed by atoms with Gasteiger partial charge in [-0.3, -0.25) is 0 Å². The van der Waals surface area contributed by atoms with Crippen LogP contribution in [0.25, 0.3) is 0 Å². The lowest BCUT2D eigenvalue weighted by Gasteiger charge is -2.19. The van der Waals surface area contributed by atoms with Crippen LogP contribution in [-0.4, -0.2) is 13.2 Å². The molecule has 0 aliphatic heterocycles. The minimum Gasteiger partial charge on any atom is -0.306 e. The summed E-state index contributed by atoms with van der Waals surface area (Å²) >= 11 is 5.37. The largest absolute Gasteiger partial charge is 0.407 e. The fourth-order valence-corrected chi connectivity index (χ4v) is 1.33. The average Bonchev–Trinajstić information content (AvgIpc) is 2.10. The maximum atomic E-state index is 12.9. The van der Waals surface area contributed by atoms with Gasteiger partial charge >= 0.3 is 6.18 Å². The topological polar surface area (TPSA) is 12.0 Å². The third-order valence-electron chi connectivity index (χ3n) is 1.89. The Morgan fingerprint density at radius 3 is 2.33 bits per heavy atom. The second-order valence-electron chi connectivity index (χ2n) is 2.94. The van der Waals surface area contributed by atoms with Crippen LogP contribution >= 0.6 is 11.6 Å². The Morgan fingerprint density at radius 1 is 1.33 bits per heavy atom. The van der Waals surface area contributed by atoms with Gasteiger partial charge in [-0.2, -0.15) is 13.2 Å². The molecule has 0 aliphatic rings. The second-order valence-corrected chi connectivity index (χ2v) is 3.34. The van der Waals surface area contributed by atoms with Gasteiger partial charge in [-0.1, -0.05) is 17.7 Å². The summed E-state index contributed by atoms with van der Waals surface area (Å²) in [6, 6.07) is 1.13. The predicted octanol–water partition coefficient (Wildman–Crippen LogP) is 3.30. The minimum absolute atomic E-state index is 0.198. The molecular formula is C9H8ClF4N. The molecule has 0 aliphatic carbocycles. The highest BCUT2D eigenvalue weighted by Gasteiger charge is 2.39. The van der Waals surface area contributed by atoms with E-state index in [1.54, 1.807) is 0 Å². The first kappa shape index (κ1) is 12.3. The van der Waals surface area contributed by atoms with Gasteiger partial charge in [0.1, 0.15) is 11.9 Å². The zero-order chi connectivity index (χ0) is 11.6.